The third kappa shape index (κ3) is 7.95. The van der Waals surface area contributed by atoms with Crippen LogP contribution in [0.3, 0.4) is 0 Å². The molecule has 3 N–H and O–H groups in total. The SMILES string of the molecule is C=C[C@@H]1C[C@]1(NC(=O)[C@@H]1C[C@@H]2CN1C(=O)[C@H](C1CCCC1)NC(=O)O[C@@H]1CCC[C@H]1C/C=C/c1cc3c(cc(OCC)nc3cc1OC)O2)C(=O)NS(=O)(=O)C1CC1. The molecule has 4 aliphatic carbocycles. The fourth-order valence-electron chi connectivity index (χ4n) is 9.36. The fraction of sp³-hybridized carbons (Fsp3) is 0.595. The number of benzene rings is 1. The van der Waals surface area contributed by atoms with E-state index < -0.39 is 68.7 Å². The molecule has 7 atom stereocenters. The van der Waals surface area contributed by atoms with Gasteiger partial charge in [-0.15, -0.1) is 6.58 Å². The summed E-state index contributed by atoms with van der Waals surface area (Å²) in [6, 6.07) is 3.35. The summed E-state index contributed by atoms with van der Waals surface area (Å²) in [5.41, 5.74) is -0.202. The van der Waals surface area contributed by atoms with E-state index in [1.165, 1.54) is 11.0 Å². The van der Waals surface area contributed by atoms with Crippen LogP contribution >= 0.6 is 0 Å². The molecule has 1 aromatic heterocycles. The molecule has 3 heterocycles. The summed E-state index contributed by atoms with van der Waals surface area (Å²) in [7, 11) is -2.32. The smallest absolute Gasteiger partial charge is 0.408 e. The van der Waals surface area contributed by atoms with E-state index in [2.05, 4.69) is 28.0 Å². The van der Waals surface area contributed by atoms with Gasteiger partial charge in [0.15, 0.2) is 0 Å². The van der Waals surface area contributed by atoms with Gasteiger partial charge in [-0.2, -0.15) is 0 Å². The Balaban J connectivity index is 1.17. The Kier molecular flexibility index (Phi) is 11.1. The number of alkyl carbamates (subject to hydrolysis) is 1. The van der Waals surface area contributed by atoms with Crippen LogP contribution in [0.25, 0.3) is 17.0 Å². The number of hydrogen-bond donors (Lipinski definition) is 3. The number of ether oxygens (including phenoxy) is 4. The minimum Gasteiger partial charge on any atom is -0.496 e. The second-order valence-corrected chi connectivity index (χ2v) is 18.6. The molecular formula is C42H53N5O10S. The molecule has 6 aliphatic rings. The number of rotatable bonds is 10. The van der Waals surface area contributed by atoms with E-state index in [1.807, 2.05) is 25.1 Å². The van der Waals surface area contributed by atoms with Gasteiger partial charge in [0.05, 0.1) is 31.0 Å². The lowest BCUT2D eigenvalue weighted by molar-refractivity contribution is -0.142. The van der Waals surface area contributed by atoms with Crippen LogP contribution in [0, 0.1) is 17.8 Å². The standard InChI is InChI=1S/C42H53N5O10S/c1-4-27-22-42(27,40(50)46-58(52,53)29-16-17-29)45-38(48)32-19-28-23-47(32)39(49)37(25-10-6-7-11-25)44-41(51)57-33-15-9-13-24(33)12-8-14-26-18-30-31(20-34(26)54-3)43-36(55-5-2)21-35(30)56-28/h4,8,14,18,20-21,24-25,27-29,32-33,37H,1,5-7,9-13,15-17,19,22-23H2,2-3H3,(H,44,51)(H,45,48)(H,46,50)/b14-8+/t24-,27-,28-,32+,33-,37+,42-/m1/s1. The highest BCUT2D eigenvalue weighted by atomic mass is 32.2. The molecule has 8 rings (SSSR count). The number of hydrogen-bond acceptors (Lipinski definition) is 11. The topological polar surface area (TPSA) is 192 Å². The number of nitrogens with zero attached hydrogens (tertiary/aromatic N) is 2. The molecule has 0 spiro atoms. The summed E-state index contributed by atoms with van der Waals surface area (Å²) >= 11 is 0. The summed E-state index contributed by atoms with van der Waals surface area (Å²) in [5, 5.41) is 5.82. The van der Waals surface area contributed by atoms with Crippen molar-refractivity contribution in [1.29, 1.82) is 0 Å². The minimum absolute atomic E-state index is 0.0155. The molecule has 2 aliphatic heterocycles. The molecule has 16 heteroatoms. The first-order valence-corrected chi connectivity index (χ1v) is 22.2. The number of carbonyl (C=O) groups excluding carboxylic acids is 4. The molecule has 0 unspecified atom stereocenters. The number of pyridine rings is 1. The number of nitrogens with one attached hydrogen (secondary N) is 3. The van der Waals surface area contributed by atoms with E-state index in [1.54, 1.807) is 13.2 Å². The highest BCUT2D eigenvalue weighted by molar-refractivity contribution is 7.91. The van der Waals surface area contributed by atoms with Gasteiger partial charge in [0.25, 0.3) is 5.91 Å². The first kappa shape index (κ1) is 39.9. The van der Waals surface area contributed by atoms with Gasteiger partial charge in [-0.1, -0.05) is 31.1 Å². The molecule has 58 heavy (non-hydrogen) atoms. The van der Waals surface area contributed by atoms with Crippen molar-refractivity contribution in [3.63, 3.8) is 0 Å². The largest absolute Gasteiger partial charge is 0.496 e. The fourth-order valence-corrected chi connectivity index (χ4v) is 10.7. The summed E-state index contributed by atoms with van der Waals surface area (Å²) in [6.45, 7) is 6.00. The zero-order chi connectivity index (χ0) is 40.8. The van der Waals surface area contributed by atoms with Crippen molar-refractivity contribution in [2.75, 3.05) is 20.3 Å². The molecule has 312 valence electrons. The Morgan fingerprint density at radius 2 is 1.84 bits per heavy atom. The van der Waals surface area contributed by atoms with E-state index in [-0.39, 0.29) is 37.3 Å². The van der Waals surface area contributed by atoms with Crippen LogP contribution in [-0.4, -0.2) is 97.5 Å². The van der Waals surface area contributed by atoms with E-state index in [4.69, 9.17) is 23.9 Å². The second kappa shape index (κ2) is 16.1. The summed E-state index contributed by atoms with van der Waals surface area (Å²) in [5.74, 6) is -1.18. The van der Waals surface area contributed by atoms with Crippen LogP contribution in [0.2, 0.25) is 0 Å². The molecule has 2 aromatic rings. The molecule has 1 saturated heterocycles. The van der Waals surface area contributed by atoms with Gasteiger partial charge in [-0.3, -0.25) is 19.1 Å². The molecule has 1 aromatic carbocycles. The van der Waals surface area contributed by atoms with Crippen LogP contribution in [0.5, 0.6) is 17.4 Å². The van der Waals surface area contributed by atoms with Crippen molar-refractivity contribution in [2.24, 2.45) is 17.8 Å². The minimum atomic E-state index is -3.91. The first-order valence-electron chi connectivity index (χ1n) is 20.7. The van der Waals surface area contributed by atoms with Gasteiger partial charge in [-0.25, -0.2) is 18.2 Å². The van der Waals surface area contributed by atoms with Gasteiger partial charge >= 0.3 is 6.09 Å². The van der Waals surface area contributed by atoms with Gasteiger partial charge in [0.1, 0.15) is 41.3 Å². The van der Waals surface area contributed by atoms with E-state index in [0.29, 0.717) is 73.4 Å². The number of carbonyl (C=O) groups is 4. The maximum absolute atomic E-state index is 14.9. The van der Waals surface area contributed by atoms with Gasteiger partial charge in [0.2, 0.25) is 27.7 Å². The van der Waals surface area contributed by atoms with Crippen molar-refractivity contribution >= 4 is 50.8 Å². The van der Waals surface area contributed by atoms with Gasteiger partial charge in [-0.05, 0) is 82.6 Å². The highest BCUT2D eigenvalue weighted by Crippen LogP contribution is 2.46. The number of amides is 4. The monoisotopic (exact) mass is 819 g/mol. The van der Waals surface area contributed by atoms with Crippen molar-refractivity contribution in [3.05, 3.63) is 42.5 Å². The van der Waals surface area contributed by atoms with E-state index >= 15 is 0 Å². The van der Waals surface area contributed by atoms with Crippen LogP contribution in [0.4, 0.5) is 4.79 Å². The second-order valence-electron chi connectivity index (χ2n) is 16.6. The number of methoxy groups -OCH3 is 1. The average molecular weight is 820 g/mol. The lowest BCUT2D eigenvalue weighted by Gasteiger charge is -2.32. The van der Waals surface area contributed by atoms with Gasteiger partial charge in [0, 0.05) is 35.4 Å². The Bertz CT molecular complexity index is 2120. The van der Waals surface area contributed by atoms with Crippen LogP contribution < -0.4 is 29.6 Å². The third-order valence-electron chi connectivity index (χ3n) is 12.8. The molecular weight excluding hydrogens is 767 g/mol. The maximum Gasteiger partial charge on any atom is 0.408 e. The third-order valence-corrected chi connectivity index (χ3v) is 14.6. The van der Waals surface area contributed by atoms with Crippen molar-refractivity contribution < 1.29 is 46.5 Å². The van der Waals surface area contributed by atoms with E-state index in [9.17, 15) is 27.6 Å². The summed E-state index contributed by atoms with van der Waals surface area (Å²) in [4.78, 5) is 63.0. The normalized spacial score (nSPS) is 30.6. The lowest BCUT2D eigenvalue weighted by atomic mass is 9.96. The summed E-state index contributed by atoms with van der Waals surface area (Å²) < 4.78 is 52.2. The zero-order valence-corrected chi connectivity index (χ0v) is 33.9. The predicted molar refractivity (Wildman–Crippen MR) is 213 cm³/mol. The summed E-state index contributed by atoms with van der Waals surface area (Å²) in [6.07, 6.45) is 11.3. The number of sulfonamides is 1. The zero-order valence-electron chi connectivity index (χ0n) is 33.1. The van der Waals surface area contributed by atoms with Gasteiger partial charge < -0.3 is 34.5 Å². The van der Waals surface area contributed by atoms with Crippen molar-refractivity contribution in [3.8, 4) is 17.4 Å². The lowest BCUT2D eigenvalue weighted by Crippen LogP contribution is -2.59. The molecule has 0 radical (unpaired) electrons. The Morgan fingerprint density at radius 3 is 2.55 bits per heavy atom. The first-order chi connectivity index (χ1) is 27.9. The van der Waals surface area contributed by atoms with Crippen LogP contribution in [0.15, 0.2) is 36.9 Å². The van der Waals surface area contributed by atoms with Crippen molar-refractivity contribution in [2.45, 2.75) is 119 Å². The highest BCUT2D eigenvalue weighted by Gasteiger charge is 2.62. The molecule has 4 amide bonds. The molecule has 4 saturated carbocycles. The van der Waals surface area contributed by atoms with E-state index in [0.717, 1.165) is 31.2 Å². The number of allylic oxidation sites excluding steroid dienone is 1. The van der Waals surface area contributed by atoms with Crippen molar-refractivity contribution in [1.82, 2.24) is 25.2 Å². The molecule has 15 nitrogen and oxygen atoms in total. The number of aromatic nitrogens is 1. The predicted octanol–water partition coefficient (Wildman–Crippen LogP) is 4.53. The van der Waals surface area contributed by atoms with Crippen LogP contribution in [-0.2, 0) is 29.1 Å². The average Bonchev–Trinajstić information content (AvgIpc) is 3.99. The Morgan fingerprint density at radius 1 is 1.07 bits per heavy atom. The maximum atomic E-state index is 14.9. The molecule has 4 bridgehead atoms. The van der Waals surface area contributed by atoms with Crippen LogP contribution in [0.1, 0.15) is 89.5 Å². The molecule has 5 fully saturated rings. The number of fused-ring (bicyclic) bond motifs is 4. The quantitative estimate of drug-likeness (QED) is 0.286. The Hall–Kier alpha value is -4.86. The Labute approximate surface area is 338 Å².